The zero-order valence-electron chi connectivity index (χ0n) is 49.5. The smallest absolute Gasteiger partial charge is 0.252 e. The molecule has 0 radical (unpaired) electrons. The van der Waals surface area contributed by atoms with Gasteiger partial charge in [-0.1, -0.05) is 186 Å². The molecule has 5 nitrogen and oxygen atoms in total. The van der Waals surface area contributed by atoms with E-state index in [1.54, 1.807) is 0 Å². The first-order valence-corrected chi connectivity index (χ1v) is 29.3. The van der Waals surface area contributed by atoms with Crippen LogP contribution in [0.3, 0.4) is 0 Å². The van der Waals surface area contributed by atoms with Crippen molar-refractivity contribution in [1.82, 2.24) is 4.57 Å². The molecule has 0 amide bonds. The normalized spacial score (nSPS) is 13.5. The number of rotatable bonds is 6. The van der Waals surface area contributed by atoms with E-state index in [-0.39, 0.29) is 28.4 Å². The fraction of sp³-hybridized carbons (Fsp3) is 0.211. The topological polar surface area (TPSA) is 27.8 Å². The Labute approximate surface area is 484 Å². The summed E-state index contributed by atoms with van der Waals surface area (Å²) in [5, 5.41) is 4.68. The average Bonchev–Trinajstić information content (AvgIpc) is 3.94. The predicted octanol–water partition coefficient (Wildman–Crippen LogP) is 19.4. The quantitative estimate of drug-likeness (QED) is 0.155. The number of hydrogen-bond acceptors (Lipinski definition) is 4. The van der Waals surface area contributed by atoms with Gasteiger partial charge in [0.2, 0.25) is 0 Å². The molecule has 0 unspecified atom stereocenters. The molecule has 14 rings (SSSR count). The molecule has 0 fully saturated rings. The summed E-state index contributed by atoms with van der Waals surface area (Å²) < 4.78 is 9.20. The first-order valence-electron chi connectivity index (χ1n) is 29.3. The molecule has 0 atom stereocenters. The van der Waals surface area contributed by atoms with Crippen LogP contribution >= 0.6 is 0 Å². The van der Waals surface area contributed by atoms with E-state index in [2.05, 4.69) is 315 Å². The maximum absolute atomic E-state index is 6.78. The summed E-state index contributed by atoms with van der Waals surface area (Å²) in [6.07, 6.45) is 0. The van der Waals surface area contributed by atoms with E-state index in [9.17, 15) is 0 Å². The van der Waals surface area contributed by atoms with Crippen LogP contribution in [0.1, 0.15) is 105 Å². The van der Waals surface area contributed by atoms with E-state index in [4.69, 9.17) is 4.42 Å². The Morgan fingerprint density at radius 2 is 0.854 bits per heavy atom. The molecule has 10 aromatic carbocycles. The molecule has 0 aliphatic carbocycles. The lowest BCUT2D eigenvalue weighted by atomic mass is 9.33. The molecule has 0 N–H and O–H groups in total. The maximum atomic E-state index is 6.78. The van der Waals surface area contributed by atoms with Crippen LogP contribution in [-0.2, 0) is 21.7 Å². The standard InChI is InChI=1S/C76H71BN4O/c1-73(2,3)48-26-31-53(32-27-48)78(55-35-38-59-58-22-16-18-24-64(58)79(66(59)45-55)52-20-14-13-15-21-52)56-37-40-62-67(46-56)81(57-36-39-61-60-23-17-19-25-70(60)82-71(61)47-57)69-44-51(76(10,11)12)43-68-72(69)77(62)63-42-50(75(7,8)9)30-41-65(63)80(68)54-33-28-49(29-34-54)74(4,5)6/h13-47H,1-12H3. The van der Waals surface area contributed by atoms with Crippen LogP contribution < -0.4 is 31.1 Å². The number of nitrogens with zero attached hydrogens (tertiary/aromatic N) is 4. The van der Waals surface area contributed by atoms with Crippen molar-refractivity contribution in [2.45, 2.75) is 105 Å². The van der Waals surface area contributed by atoms with Crippen molar-refractivity contribution in [1.29, 1.82) is 0 Å². The van der Waals surface area contributed by atoms with Crippen molar-refractivity contribution in [2.24, 2.45) is 0 Å². The Morgan fingerprint density at radius 1 is 0.329 bits per heavy atom. The SMILES string of the molecule is CC(C)(C)c1ccc(N(c2ccc3c(c2)N(c2ccc4c(c2)oc2ccccc24)c2cc(C(C)(C)C)cc4c2B3c2cc(C(C)(C)C)ccc2N4c2ccc(C(C)(C)C)cc2)c2ccc3c4ccccc4n(-c4ccccc4)c3c2)cc1. The molecule has 12 aromatic rings. The Hall–Kier alpha value is -8.74. The van der Waals surface area contributed by atoms with E-state index < -0.39 is 0 Å². The number of aromatic nitrogens is 1. The first kappa shape index (κ1) is 51.4. The summed E-state index contributed by atoms with van der Waals surface area (Å²) in [6.45, 7) is 27.8. The Morgan fingerprint density at radius 3 is 1.54 bits per heavy atom. The lowest BCUT2D eigenvalue weighted by Gasteiger charge is -2.45. The van der Waals surface area contributed by atoms with E-state index in [0.29, 0.717) is 0 Å². The number of hydrogen-bond donors (Lipinski definition) is 0. The molecule has 2 aliphatic heterocycles. The van der Waals surface area contributed by atoms with Gasteiger partial charge >= 0.3 is 0 Å². The number of furan rings is 1. The monoisotopic (exact) mass is 1070 g/mol. The fourth-order valence-corrected chi connectivity index (χ4v) is 13.1. The second kappa shape index (κ2) is 18.4. The third-order valence-electron chi connectivity index (χ3n) is 17.6. The second-order valence-corrected chi connectivity index (χ2v) is 27.1. The van der Waals surface area contributed by atoms with Crippen molar-refractivity contribution < 1.29 is 4.42 Å². The molecule has 4 heterocycles. The van der Waals surface area contributed by atoms with Gasteiger partial charge in [0, 0.05) is 84.5 Å². The summed E-state index contributed by atoms with van der Waals surface area (Å²) in [4.78, 5) is 7.60. The van der Waals surface area contributed by atoms with Gasteiger partial charge in [0.15, 0.2) is 0 Å². The van der Waals surface area contributed by atoms with Gasteiger partial charge in [-0.15, -0.1) is 0 Å². The van der Waals surface area contributed by atoms with Crippen LogP contribution in [0.15, 0.2) is 217 Å². The van der Waals surface area contributed by atoms with E-state index in [0.717, 1.165) is 67.3 Å². The van der Waals surface area contributed by atoms with Crippen LogP contribution in [0.2, 0.25) is 0 Å². The van der Waals surface area contributed by atoms with E-state index in [1.165, 1.54) is 72.0 Å². The lowest BCUT2D eigenvalue weighted by Crippen LogP contribution is -2.61. The summed E-state index contributed by atoms with van der Waals surface area (Å²) in [6, 6.07) is 80.1. The van der Waals surface area contributed by atoms with Crippen molar-refractivity contribution in [3.05, 3.63) is 235 Å². The Balaban J connectivity index is 1.07. The molecule has 6 heteroatoms. The molecule has 404 valence electrons. The minimum absolute atomic E-state index is 0.0146. The highest BCUT2D eigenvalue weighted by Gasteiger charge is 2.45. The first-order chi connectivity index (χ1) is 39.2. The number of anilines is 9. The van der Waals surface area contributed by atoms with Crippen molar-refractivity contribution in [3.63, 3.8) is 0 Å². The van der Waals surface area contributed by atoms with Gasteiger partial charge in [0.1, 0.15) is 11.2 Å². The Kier molecular flexibility index (Phi) is 11.5. The van der Waals surface area contributed by atoms with Gasteiger partial charge in [-0.25, -0.2) is 0 Å². The minimum Gasteiger partial charge on any atom is -0.456 e. The van der Waals surface area contributed by atoms with Gasteiger partial charge < -0.3 is 23.7 Å². The highest BCUT2D eigenvalue weighted by Crippen LogP contribution is 2.50. The zero-order valence-corrected chi connectivity index (χ0v) is 49.5. The van der Waals surface area contributed by atoms with Crippen LogP contribution in [0, 0.1) is 0 Å². The van der Waals surface area contributed by atoms with Gasteiger partial charge in [-0.3, -0.25) is 0 Å². The van der Waals surface area contributed by atoms with E-state index >= 15 is 0 Å². The molecule has 0 spiro atoms. The zero-order chi connectivity index (χ0) is 56.8. The van der Waals surface area contributed by atoms with Crippen LogP contribution in [0.4, 0.5) is 51.2 Å². The molecule has 2 aromatic heterocycles. The molecular weight excluding hydrogens is 996 g/mol. The fourth-order valence-electron chi connectivity index (χ4n) is 13.1. The second-order valence-electron chi connectivity index (χ2n) is 27.1. The van der Waals surface area contributed by atoms with Gasteiger partial charge in [-0.05, 0) is 163 Å². The number of fused-ring (bicyclic) bond motifs is 10. The number of para-hydroxylation sites is 3. The van der Waals surface area contributed by atoms with Gasteiger partial charge in [0.05, 0.1) is 11.0 Å². The minimum atomic E-state index is -0.188. The molecule has 0 saturated carbocycles. The van der Waals surface area contributed by atoms with Crippen LogP contribution in [-0.4, -0.2) is 11.3 Å². The molecule has 0 bridgehead atoms. The molecular formula is C76H71BN4O. The summed E-state index contributed by atoms with van der Waals surface area (Å²) in [7, 11) is 0. The Bertz CT molecular complexity index is 4500. The van der Waals surface area contributed by atoms with Crippen molar-refractivity contribution in [3.8, 4) is 5.69 Å². The maximum Gasteiger partial charge on any atom is 0.252 e. The average molecular weight is 1070 g/mol. The highest BCUT2D eigenvalue weighted by molar-refractivity contribution is 7.00. The summed E-state index contributed by atoms with van der Waals surface area (Å²) in [5.74, 6) is 0. The predicted molar refractivity (Wildman–Crippen MR) is 352 cm³/mol. The summed E-state index contributed by atoms with van der Waals surface area (Å²) >= 11 is 0. The number of benzene rings is 10. The molecule has 2 aliphatic rings. The molecule has 0 saturated heterocycles. The van der Waals surface area contributed by atoms with E-state index in [1.807, 2.05) is 0 Å². The van der Waals surface area contributed by atoms with Crippen LogP contribution in [0.5, 0.6) is 0 Å². The highest BCUT2D eigenvalue weighted by atomic mass is 16.3. The summed E-state index contributed by atoms with van der Waals surface area (Å²) in [5.41, 5.74) is 24.1. The largest absolute Gasteiger partial charge is 0.456 e. The third kappa shape index (κ3) is 8.35. The van der Waals surface area contributed by atoms with Gasteiger partial charge in [-0.2, -0.15) is 0 Å². The van der Waals surface area contributed by atoms with Crippen molar-refractivity contribution >= 4 is 118 Å². The van der Waals surface area contributed by atoms with Crippen molar-refractivity contribution in [2.75, 3.05) is 14.7 Å². The third-order valence-corrected chi connectivity index (χ3v) is 17.6. The van der Waals surface area contributed by atoms with Crippen LogP contribution in [0.25, 0.3) is 49.4 Å². The van der Waals surface area contributed by atoms with Gasteiger partial charge in [0.25, 0.3) is 6.71 Å². The lowest BCUT2D eigenvalue weighted by molar-refractivity contribution is 0.589. The molecule has 82 heavy (non-hydrogen) atoms.